The van der Waals surface area contributed by atoms with E-state index >= 15 is 0 Å². The third kappa shape index (κ3) is 6.47. The largest absolute Gasteiger partial charge is 0.452 e. The number of carbonyl (C=O) groups is 3. The Kier molecular flexibility index (Phi) is 7.92. The van der Waals surface area contributed by atoms with Gasteiger partial charge in [0.15, 0.2) is 6.61 Å². The highest BCUT2D eigenvalue weighted by molar-refractivity contribution is 5.96. The lowest BCUT2D eigenvalue weighted by Gasteiger charge is -2.15. The van der Waals surface area contributed by atoms with Crippen molar-refractivity contribution in [3.05, 3.63) is 59.7 Å². The summed E-state index contributed by atoms with van der Waals surface area (Å²) in [6.45, 7) is 3.75. The van der Waals surface area contributed by atoms with Crippen LogP contribution in [0.15, 0.2) is 48.5 Å². The summed E-state index contributed by atoms with van der Waals surface area (Å²) in [5.74, 6) is -1.21. The maximum absolute atomic E-state index is 12.2. The lowest BCUT2D eigenvalue weighted by atomic mass is 9.97. The van der Waals surface area contributed by atoms with Crippen LogP contribution < -0.4 is 10.6 Å². The smallest absolute Gasteiger partial charge is 0.338 e. The van der Waals surface area contributed by atoms with Crippen molar-refractivity contribution in [2.45, 2.75) is 32.6 Å². The number of nitrogens with one attached hydrogen (secondary N) is 2. The molecule has 0 saturated heterocycles. The Morgan fingerprint density at radius 1 is 1.03 bits per heavy atom. The standard InChI is InChI=1S/C22H23N3O4/c1-3-15(2)18-6-4-5-7-19(18)25-21(27)14-29-22(28)16-8-10-17(11-9-16)24-20(26)12-13-23/h4-11,15H,3,12,14H2,1-2H3,(H,24,26)(H,25,27)/t15-/m1/s1. The number of benzene rings is 2. The molecule has 0 aliphatic carbocycles. The van der Waals surface area contributed by atoms with Crippen LogP contribution in [0.1, 0.15) is 48.5 Å². The van der Waals surface area contributed by atoms with Crippen LogP contribution in [0.3, 0.4) is 0 Å². The molecular weight excluding hydrogens is 370 g/mol. The minimum absolute atomic E-state index is 0.246. The maximum atomic E-state index is 12.2. The molecule has 2 aromatic rings. The summed E-state index contributed by atoms with van der Waals surface area (Å²) in [4.78, 5) is 35.7. The molecule has 1 atom stereocenters. The van der Waals surface area contributed by atoms with E-state index in [0.717, 1.165) is 12.0 Å². The van der Waals surface area contributed by atoms with Crippen LogP contribution in [0.25, 0.3) is 0 Å². The molecule has 0 saturated carbocycles. The number of carbonyl (C=O) groups excluding carboxylic acids is 3. The third-order valence-electron chi connectivity index (χ3n) is 4.36. The molecule has 29 heavy (non-hydrogen) atoms. The summed E-state index contributed by atoms with van der Waals surface area (Å²) < 4.78 is 5.07. The second-order valence-corrected chi connectivity index (χ2v) is 6.48. The summed E-state index contributed by atoms with van der Waals surface area (Å²) in [5.41, 5.74) is 2.45. The minimum Gasteiger partial charge on any atom is -0.452 e. The van der Waals surface area contributed by atoms with E-state index in [1.54, 1.807) is 6.07 Å². The molecule has 0 aliphatic heterocycles. The molecule has 2 amide bonds. The Balaban J connectivity index is 1.90. The van der Waals surface area contributed by atoms with E-state index in [1.165, 1.54) is 24.3 Å². The van der Waals surface area contributed by atoms with Crippen molar-refractivity contribution < 1.29 is 19.1 Å². The van der Waals surface area contributed by atoms with Gasteiger partial charge < -0.3 is 15.4 Å². The second-order valence-electron chi connectivity index (χ2n) is 6.48. The normalized spacial score (nSPS) is 11.1. The fraction of sp³-hybridized carbons (Fsp3) is 0.273. The molecule has 7 nitrogen and oxygen atoms in total. The molecule has 0 radical (unpaired) electrons. The summed E-state index contributed by atoms with van der Waals surface area (Å²) in [6, 6.07) is 15.3. The van der Waals surface area contributed by atoms with Gasteiger partial charge in [-0.15, -0.1) is 0 Å². The van der Waals surface area contributed by atoms with Gasteiger partial charge in [0.2, 0.25) is 5.91 Å². The van der Waals surface area contributed by atoms with Crippen molar-refractivity contribution in [2.75, 3.05) is 17.2 Å². The van der Waals surface area contributed by atoms with Gasteiger partial charge in [0, 0.05) is 11.4 Å². The summed E-state index contributed by atoms with van der Waals surface area (Å²) in [6.07, 6.45) is 0.688. The van der Waals surface area contributed by atoms with Gasteiger partial charge in [-0.25, -0.2) is 4.79 Å². The van der Waals surface area contributed by atoms with E-state index in [9.17, 15) is 14.4 Å². The van der Waals surface area contributed by atoms with Crippen LogP contribution in [0.2, 0.25) is 0 Å². The fourth-order valence-electron chi connectivity index (χ4n) is 2.63. The quantitative estimate of drug-likeness (QED) is 0.662. The number of hydrogen-bond donors (Lipinski definition) is 2. The van der Waals surface area contributed by atoms with Gasteiger partial charge in [-0.05, 0) is 48.2 Å². The number of esters is 1. The van der Waals surface area contributed by atoms with Gasteiger partial charge in [-0.2, -0.15) is 5.26 Å². The van der Waals surface area contributed by atoms with E-state index in [-0.39, 0.29) is 12.0 Å². The number of para-hydroxylation sites is 1. The van der Waals surface area contributed by atoms with Gasteiger partial charge in [0.25, 0.3) is 5.91 Å². The number of anilines is 2. The van der Waals surface area contributed by atoms with Gasteiger partial charge in [0.05, 0.1) is 11.6 Å². The van der Waals surface area contributed by atoms with Crippen molar-refractivity contribution in [3.63, 3.8) is 0 Å². The number of rotatable bonds is 8. The summed E-state index contributed by atoms with van der Waals surface area (Å²) in [7, 11) is 0. The van der Waals surface area contributed by atoms with E-state index < -0.39 is 24.4 Å². The Bertz CT molecular complexity index is 916. The Morgan fingerprint density at radius 2 is 1.72 bits per heavy atom. The van der Waals surface area contributed by atoms with E-state index in [4.69, 9.17) is 10.00 Å². The lowest BCUT2D eigenvalue weighted by Crippen LogP contribution is -2.21. The highest BCUT2D eigenvalue weighted by atomic mass is 16.5. The topological polar surface area (TPSA) is 108 Å². The molecule has 0 bridgehead atoms. The van der Waals surface area contributed by atoms with Crippen molar-refractivity contribution >= 4 is 29.2 Å². The number of nitrogens with zero attached hydrogens (tertiary/aromatic N) is 1. The SMILES string of the molecule is CC[C@@H](C)c1ccccc1NC(=O)COC(=O)c1ccc(NC(=O)CC#N)cc1. The van der Waals surface area contributed by atoms with Gasteiger partial charge in [-0.1, -0.05) is 32.0 Å². The average molecular weight is 393 g/mol. The van der Waals surface area contributed by atoms with Crippen molar-refractivity contribution in [3.8, 4) is 6.07 Å². The number of nitriles is 1. The highest BCUT2D eigenvalue weighted by Gasteiger charge is 2.14. The molecule has 2 rings (SSSR count). The molecule has 0 fully saturated rings. The van der Waals surface area contributed by atoms with Crippen LogP contribution in [0.5, 0.6) is 0 Å². The lowest BCUT2D eigenvalue weighted by molar-refractivity contribution is -0.119. The van der Waals surface area contributed by atoms with Crippen LogP contribution in [-0.4, -0.2) is 24.4 Å². The number of hydrogen-bond acceptors (Lipinski definition) is 5. The minimum atomic E-state index is -0.648. The van der Waals surface area contributed by atoms with Gasteiger partial charge >= 0.3 is 5.97 Å². The van der Waals surface area contributed by atoms with Crippen LogP contribution in [0.4, 0.5) is 11.4 Å². The summed E-state index contributed by atoms with van der Waals surface area (Å²) in [5, 5.41) is 13.8. The molecular formula is C22H23N3O4. The third-order valence-corrected chi connectivity index (χ3v) is 4.36. The van der Waals surface area contributed by atoms with Crippen molar-refractivity contribution in [2.24, 2.45) is 0 Å². The first kappa shape index (κ1) is 21.6. The Labute approximate surface area is 169 Å². The predicted octanol–water partition coefficient (Wildman–Crippen LogP) is 3.85. The van der Waals surface area contributed by atoms with E-state index in [1.807, 2.05) is 24.3 Å². The van der Waals surface area contributed by atoms with Crippen LogP contribution in [0, 0.1) is 11.3 Å². The highest BCUT2D eigenvalue weighted by Crippen LogP contribution is 2.26. The molecule has 2 aromatic carbocycles. The molecule has 0 unspecified atom stereocenters. The van der Waals surface area contributed by atoms with Crippen molar-refractivity contribution in [1.29, 1.82) is 5.26 Å². The van der Waals surface area contributed by atoms with Crippen LogP contribution in [-0.2, 0) is 14.3 Å². The van der Waals surface area contributed by atoms with E-state index in [0.29, 0.717) is 17.3 Å². The van der Waals surface area contributed by atoms with Gasteiger partial charge in [-0.3, -0.25) is 9.59 Å². The first-order chi connectivity index (χ1) is 13.9. The van der Waals surface area contributed by atoms with Crippen LogP contribution >= 0.6 is 0 Å². The predicted molar refractivity (Wildman–Crippen MR) is 109 cm³/mol. The molecule has 2 N–H and O–H groups in total. The molecule has 0 spiro atoms. The fourth-order valence-corrected chi connectivity index (χ4v) is 2.63. The molecule has 0 heterocycles. The average Bonchev–Trinajstić information content (AvgIpc) is 2.72. The number of amides is 2. The first-order valence-corrected chi connectivity index (χ1v) is 9.27. The Morgan fingerprint density at radius 3 is 2.38 bits per heavy atom. The van der Waals surface area contributed by atoms with Crippen molar-refractivity contribution in [1.82, 2.24) is 0 Å². The molecule has 0 aromatic heterocycles. The number of ether oxygens (including phenoxy) is 1. The maximum Gasteiger partial charge on any atom is 0.338 e. The summed E-state index contributed by atoms with van der Waals surface area (Å²) >= 11 is 0. The first-order valence-electron chi connectivity index (χ1n) is 9.27. The van der Waals surface area contributed by atoms with E-state index in [2.05, 4.69) is 24.5 Å². The zero-order valence-corrected chi connectivity index (χ0v) is 16.4. The molecule has 7 heteroatoms. The zero-order valence-electron chi connectivity index (χ0n) is 16.4. The Hall–Kier alpha value is -3.66. The monoisotopic (exact) mass is 393 g/mol. The molecule has 150 valence electrons. The second kappa shape index (κ2) is 10.6. The molecule has 0 aliphatic rings. The zero-order chi connectivity index (χ0) is 21.2. The van der Waals surface area contributed by atoms with Gasteiger partial charge in [0.1, 0.15) is 6.42 Å².